The van der Waals surface area contributed by atoms with E-state index in [2.05, 4.69) is 17.0 Å². The molecular weight excluding hydrogens is 274 g/mol. The van der Waals surface area contributed by atoms with Gasteiger partial charge in [0.1, 0.15) is 0 Å². The minimum atomic E-state index is 0.108. The van der Waals surface area contributed by atoms with Crippen molar-refractivity contribution in [3.8, 4) is 6.07 Å². The van der Waals surface area contributed by atoms with Gasteiger partial charge in [0.15, 0.2) is 0 Å². The van der Waals surface area contributed by atoms with Crippen LogP contribution in [0.3, 0.4) is 0 Å². The summed E-state index contributed by atoms with van der Waals surface area (Å²) in [6.45, 7) is 3.38. The lowest BCUT2D eigenvalue weighted by atomic mass is 10.0. The Balaban J connectivity index is 1.96. The molecule has 2 aromatic rings. The molecule has 112 valence electrons. The molecule has 0 aliphatic carbocycles. The molecule has 4 heteroatoms. The lowest BCUT2D eigenvalue weighted by Crippen LogP contribution is -2.37. The van der Waals surface area contributed by atoms with Crippen molar-refractivity contribution >= 4 is 22.4 Å². The van der Waals surface area contributed by atoms with E-state index in [1.54, 1.807) is 6.92 Å². The summed E-state index contributed by atoms with van der Waals surface area (Å²) >= 11 is 0. The van der Waals surface area contributed by atoms with Gasteiger partial charge in [0.2, 0.25) is 5.91 Å². The van der Waals surface area contributed by atoms with E-state index in [1.807, 2.05) is 42.3 Å². The Kier molecular flexibility index (Phi) is 3.72. The number of rotatable bonds is 2. The van der Waals surface area contributed by atoms with Crippen molar-refractivity contribution < 1.29 is 4.79 Å². The van der Waals surface area contributed by atoms with Gasteiger partial charge in [-0.25, -0.2) is 0 Å². The van der Waals surface area contributed by atoms with Gasteiger partial charge in [0, 0.05) is 43.5 Å². The number of anilines is 1. The molecule has 22 heavy (non-hydrogen) atoms. The van der Waals surface area contributed by atoms with Crippen LogP contribution in [0, 0.1) is 11.3 Å². The zero-order chi connectivity index (χ0) is 15.7. The molecule has 1 aliphatic heterocycles. The number of fused-ring (bicyclic) bond motifs is 1. The number of hydrogen-bond acceptors (Lipinski definition) is 3. The van der Waals surface area contributed by atoms with Crippen LogP contribution in [-0.2, 0) is 4.79 Å². The van der Waals surface area contributed by atoms with Crippen molar-refractivity contribution in [1.82, 2.24) is 4.90 Å². The molecular formula is C18H19N3O. The van der Waals surface area contributed by atoms with Gasteiger partial charge in [0.25, 0.3) is 0 Å². The molecule has 1 aliphatic rings. The van der Waals surface area contributed by atoms with Crippen molar-refractivity contribution in [2.45, 2.75) is 19.4 Å². The highest BCUT2D eigenvalue weighted by Gasteiger charge is 2.28. The summed E-state index contributed by atoms with van der Waals surface area (Å²) in [5.74, 6) is 0.108. The number of carbonyl (C=O) groups excluding carboxylic acids is 1. The van der Waals surface area contributed by atoms with Gasteiger partial charge in [-0.05, 0) is 18.6 Å². The van der Waals surface area contributed by atoms with Crippen molar-refractivity contribution in [3.63, 3.8) is 0 Å². The first-order chi connectivity index (χ1) is 10.6. The van der Waals surface area contributed by atoms with Crippen molar-refractivity contribution in [3.05, 3.63) is 42.0 Å². The number of nitrogens with zero attached hydrogens (tertiary/aromatic N) is 3. The summed E-state index contributed by atoms with van der Waals surface area (Å²) in [6.07, 6.45) is 0.977. The van der Waals surface area contributed by atoms with Crippen LogP contribution in [0.2, 0.25) is 0 Å². The maximum atomic E-state index is 11.5. The number of amides is 1. The Morgan fingerprint density at radius 1 is 1.27 bits per heavy atom. The largest absolute Gasteiger partial charge is 0.369 e. The molecule has 1 atom stereocenters. The highest BCUT2D eigenvalue weighted by molar-refractivity contribution is 5.98. The highest BCUT2D eigenvalue weighted by atomic mass is 16.2. The average molecular weight is 293 g/mol. The number of nitriles is 1. The molecule has 1 saturated heterocycles. The molecule has 0 saturated carbocycles. The summed E-state index contributed by atoms with van der Waals surface area (Å²) in [6, 6.07) is 14.4. The van der Waals surface area contributed by atoms with E-state index in [4.69, 9.17) is 0 Å². The van der Waals surface area contributed by atoms with Crippen LogP contribution in [0.5, 0.6) is 0 Å². The third kappa shape index (κ3) is 2.39. The van der Waals surface area contributed by atoms with Crippen LogP contribution in [0.1, 0.15) is 18.9 Å². The first-order valence-corrected chi connectivity index (χ1v) is 7.52. The quantitative estimate of drug-likeness (QED) is 0.855. The van der Waals surface area contributed by atoms with Gasteiger partial charge in [0.05, 0.1) is 17.7 Å². The van der Waals surface area contributed by atoms with Crippen molar-refractivity contribution in [2.75, 3.05) is 25.0 Å². The summed E-state index contributed by atoms with van der Waals surface area (Å²) in [5.41, 5.74) is 1.85. The van der Waals surface area contributed by atoms with Gasteiger partial charge >= 0.3 is 0 Å². The third-order valence-corrected chi connectivity index (χ3v) is 4.57. The fourth-order valence-electron chi connectivity index (χ4n) is 3.19. The summed E-state index contributed by atoms with van der Waals surface area (Å²) in [7, 11) is 1.87. The second kappa shape index (κ2) is 5.69. The monoisotopic (exact) mass is 293 g/mol. The molecule has 1 fully saturated rings. The predicted molar refractivity (Wildman–Crippen MR) is 87.7 cm³/mol. The number of hydrogen-bond donors (Lipinski definition) is 0. The van der Waals surface area contributed by atoms with E-state index in [0.717, 1.165) is 36.0 Å². The third-order valence-electron chi connectivity index (χ3n) is 4.57. The molecule has 1 heterocycles. The second-order valence-corrected chi connectivity index (χ2v) is 5.81. The lowest BCUT2D eigenvalue weighted by molar-refractivity contribution is -0.129. The maximum absolute atomic E-state index is 11.5. The molecule has 0 radical (unpaired) electrons. The average Bonchev–Trinajstić information content (AvgIpc) is 3.02. The van der Waals surface area contributed by atoms with Crippen LogP contribution in [0.25, 0.3) is 10.8 Å². The van der Waals surface area contributed by atoms with Crippen molar-refractivity contribution in [1.29, 1.82) is 5.26 Å². The second-order valence-electron chi connectivity index (χ2n) is 5.81. The molecule has 1 unspecified atom stereocenters. The van der Waals surface area contributed by atoms with E-state index in [-0.39, 0.29) is 11.9 Å². The number of carbonyl (C=O) groups is 1. The van der Waals surface area contributed by atoms with Gasteiger partial charge in [-0.1, -0.05) is 24.3 Å². The summed E-state index contributed by atoms with van der Waals surface area (Å²) < 4.78 is 0. The minimum Gasteiger partial charge on any atom is -0.369 e. The minimum absolute atomic E-state index is 0.108. The number of likely N-dealkylation sites (N-methyl/N-ethyl adjacent to an activating group) is 1. The summed E-state index contributed by atoms with van der Waals surface area (Å²) in [5, 5.41) is 11.4. The van der Waals surface area contributed by atoms with Gasteiger partial charge in [-0.3, -0.25) is 4.79 Å². The topological polar surface area (TPSA) is 47.3 Å². The Bertz CT molecular complexity index is 763. The molecule has 0 bridgehead atoms. The number of benzene rings is 2. The standard InChI is InChI=1S/C18H19N3O/c1-13(22)20(2)15-9-10-21(12-15)18-8-7-14(11-19)16-5-3-4-6-17(16)18/h3-8,15H,9-10,12H2,1-2H3. The fourth-order valence-corrected chi connectivity index (χ4v) is 3.19. The Morgan fingerprint density at radius 2 is 2.00 bits per heavy atom. The van der Waals surface area contributed by atoms with E-state index < -0.39 is 0 Å². The van der Waals surface area contributed by atoms with Crippen molar-refractivity contribution in [2.24, 2.45) is 0 Å². The normalized spacial score (nSPS) is 17.5. The molecule has 0 N–H and O–H groups in total. The molecule has 3 rings (SSSR count). The fraction of sp³-hybridized carbons (Fsp3) is 0.333. The van der Waals surface area contributed by atoms with Crippen LogP contribution in [-0.4, -0.2) is 37.0 Å². The zero-order valence-corrected chi connectivity index (χ0v) is 12.9. The maximum Gasteiger partial charge on any atom is 0.219 e. The molecule has 2 aromatic carbocycles. The van der Waals surface area contributed by atoms with Gasteiger partial charge in [-0.15, -0.1) is 0 Å². The molecule has 0 aromatic heterocycles. The van der Waals surface area contributed by atoms with Crippen LogP contribution in [0.4, 0.5) is 5.69 Å². The molecule has 1 amide bonds. The first-order valence-electron chi connectivity index (χ1n) is 7.52. The van der Waals surface area contributed by atoms with E-state index in [1.165, 1.54) is 0 Å². The van der Waals surface area contributed by atoms with Crippen LogP contribution >= 0.6 is 0 Å². The predicted octanol–water partition coefficient (Wildman–Crippen LogP) is 2.77. The van der Waals surface area contributed by atoms with E-state index >= 15 is 0 Å². The van der Waals surface area contributed by atoms with Gasteiger partial charge in [-0.2, -0.15) is 5.26 Å². The Morgan fingerprint density at radius 3 is 2.68 bits per heavy atom. The molecule has 0 spiro atoms. The smallest absolute Gasteiger partial charge is 0.219 e. The van der Waals surface area contributed by atoms with Gasteiger partial charge < -0.3 is 9.80 Å². The lowest BCUT2D eigenvalue weighted by Gasteiger charge is -2.25. The zero-order valence-electron chi connectivity index (χ0n) is 12.9. The van der Waals surface area contributed by atoms with Crippen LogP contribution < -0.4 is 4.90 Å². The highest BCUT2D eigenvalue weighted by Crippen LogP contribution is 2.32. The Hall–Kier alpha value is -2.54. The molecule has 4 nitrogen and oxygen atoms in total. The van der Waals surface area contributed by atoms with E-state index in [9.17, 15) is 10.1 Å². The first kappa shape index (κ1) is 14.4. The Labute approximate surface area is 130 Å². The summed E-state index contributed by atoms with van der Waals surface area (Å²) in [4.78, 5) is 15.7. The van der Waals surface area contributed by atoms with Crippen LogP contribution in [0.15, 0.2) is 36.4 Å². The SMILES string of the molecule is CC(=O)N(C)C1CCN(c2ccc(C#N)c3ccccc23)C1. The van der Waals surface area contributed by atoms with E-state index in [0.29, 0.717) is 5.56 Å².